The Morgan fingerprint density at radius 1 is 1.25 bits per heavy atom. The Labute approximate surface area is 118 Å². The molecule has 0 bridgehead atoms. The van der Waals surface area contributed by atoms with Gasteiger partial charge in [0.15, 0.2) is 11.6 Å². The molecule has 0 spiro atoms. The quantitative estimate of drug-likeness (QED) is 0.841. The number of carbonyl (C=O) groups excluding carboxylic acids is 1. The molecular weight excluding hydrogens is 252 g/mol. The van der Waals surface area contributed by atoms with Crippen molar-refractivity contribution >= 4 is 11.7 Å². The van der Waals surface area contributed by atoms with Gasteiger partial charge in [0.25, 0.3) is 5.91 Å². The van der Waals surface area contributed by atoms with E-state index in [1.807, 2.05) is 30.3 Å². The number of anilines is 1. The van der Waals surface area contributed by atoms with E-state index >= 15 is 0 Å². The number of benzene rings is 1. The predicted molar refractivity (Wildman–Crippen MR) is 76.8 cm³/mol. The highest BCUT2D eigenvalue weighted by molar-refractivity contribution is 5.99. The summed E-state index contributed by atoms with van der Waals surface area (Å²) in [4.78, 5) is 18.1. The number of nitrogens with zero attached hydrogens (tertiary/aromatic N) is 2. The van der Waals surface area contributed by atoms with E-state index in [0.717, 1.165) is 12.0 Å². The molecule has 0 fully saturated rings. The summed E-state index contributed by atoms with van der Waals surface area (Å²) in [7, 11) is 1.73. The number of carbonyl (C=O) groups is 1. The van der Waals surface area contributed by atoms with Gasteiger partial charge in [0, 0.05) is 18.8 Å². The summed E-state index contributed by atoms with van der Waals surface area (Å²) >= 11 is 0. The fraction of sp³-hybridized carbons (Fsp3) is 0.250. The zero-order valence-electron chi connectivity index (χ0n) is 11.5. The van der Waals surface area contributed by atoms with Crippen LogP contribution in [0.4, 0.5) is 5.82 Å². The topological polar surface area (TPSA) is 42.4 Å². The molecule has 1 aromatic carbocycles. The van der Waals surface area contributed by atoms with Gasteiger partial charge in [-0.15, -0.1) is 0 Å². The molecule has 3 rings (SSSR count). The van der Waals surface area contributed by atoms with E-state index in [4.69, 9.17) is 4.74 Å². The van der Waals surface area contributed by atoms with Crippen LogP contribution in [0.1, 0.15) is 24.2 Å². The van der Waals surface area contributed by atoms with E-state index in [1.54, 1.807) is 24.2 Å². The maximum absolute atomic E-state index is 12.4. The molecule has 1 aliphatic rings. The Kier molecular flexibility index (Phi) is 3.14. The molecule has 4 heteroatoms. The van der Waals surface area contributed by atoms with Gasteiger partial charge in [-0.2, -0.15) is 0 Å². The maximum Gasteiger partial charge on any atom is 0.273 e. The first-order chi connectivity index (χ1) is 9.70. The molecule has 1 aromatic heterocycles. The maximum atomic E-state index is 12.4. The first-order valence-corrected chi connectivity index (χ1v) is 6.68. The van der Waals surface area contributed by atoms with Crippen LogP contribution in [0.2, 0.25) is 0 Å². The summed E-state index contributed by atoms with van der Waals surface area (Å²) in [6, 6.07) is 11.6. The average Bonchev–Trinajstić information content (AvgIpc) is 2.51. The van der Waals surface area contributed by atoms with Crippen LogP contribution in [-0.4, -0.2) is 17.9 Å². The van der Waals surface area contributed by atoms with Gasteiger partial charge in [0.05, 0.1) is 0 Å². The van der Waals surface area contributed by atoms with Crippen molar-refractivity contribution in [1.29, 1.82) is 0 Å². The molecule has 20 heavy (non-hydrogen) atoms. The van der Waals surface area contributed by atoms with E-state index < -0.39 is 6.10 Å². The number of aryl methyl sites for hydroxylation is 1. The lowest BCUT2D eigenvalue weighted by atomic mass is 10.0. The van der Waals surface area contributed by atoms with E-state index in [9.17, 15) is 4.79 Å². The van der Waals surface area contributed by atoms with Gasteiger partial charge in [-0.1, -0.05) is 31.2 Å². The Bertz CT molecular complexity index is 637. The highest BCUT2D eigenvalue weighted by Gasteiger charge is 2.34. The number of hydrogen-bond acceptors (Lipinski definition) is 3. The highest BCUT2D eigenvalue weighted by Crippen LogP contribution is 2.36. The van der Waals surface area contributed by atoms with Crippen LogP contribution in [0.25, 0.3) is 0 Å². The van der Waals surface area contributed by atoms with Crippen LogP contribution < -0.4 is 9.64 Å². The molecule has 102 valence electrons. The second-order valence-electron chi connectivity index (χ2n) is 4.82. The number of rotatable bonds is 2. The van der Waals surface area contributed by atoms with Crippen LogP contribution in [0, 0.1) is 0 Å². The molecule has 0 radical (unpaired) electrons. The molecular formula is C16H16N2O2. The van der Waals surface area contributed by atoms with Crippen molar-refractivity contribution in [3.8, 4) is 5.75 Å². The van der Waals surface area contributed by atoms with Crippen molar-refractivity contribution in [2.24, 2.45) is 0 Å². The lowest BCUT2D eigenvalue weighted by Gasteiger charge is -2.31. The average molecular weight is 268 g/mol. The van der Waals surface area contributed by atoms with Crippen LogP contribution in [-0.2, 0) is 11.2 Å². The largest absolute Gasteiger partial charge is 0.472 e. The van der Waals surface area contributed by atoms with Crippen LogP contribution >= 0.6 is 0 Å². The van der Waals surface area contributed by atoms with E-state index in [0.29, 0.717) is 11.6 Å². The molecule has 0 saturated carbocycles. The standard InChI is InChI=1S/C16H16N2O2/c1-3-11-6-8-12(9-7-11)14-16(19)18(2)15-13(20-14)5-4-10-17-15/h4-10,14H,3H2,1-2H3. The Hall–Kier alpha value is -2.36. The summed E-state index contributed by atoms with van der Waals surface area (Å²) in [5.74, 6) is 1.11. The smallest absolute Gasteiger partial charge is 0.273 e. The molecule has 1 unspecified atom stereocenters. The molecule has 0 N–H and O–H groups in total. The van der Waals surface area contributed by atoms with Crippen LogP contribution in [0.3, 0.4) is 0 Å². The van der Waals surface area contributed by atoms with Crippen molar-refractivity contribution in [2.45, 2.75) is 19.4 Å². The number of pyridine rings is 1. The van der Waals surface area contributed by atoms with E-state index in [2.05, 4.69) is 11.9 Å². The fourth-order valence-corrected chi connectivity index (χ4v) is 2.32. The number of hydrogen-bond donors (Lipinski definition) is 0. The summed E-state index contributed by atoms with van der Waals surface area (Å²) in [5, 5.41) is 0. The number of fused-ring (bicyclic) bond motifs is 1. The normalized spacial score (nSPS) is 17.6. The monoisotopic (exact) mass is 268 g/mol. The predicted octanol–water partition coefficient (Wildman–Crippen LogP) is 2.74. The molecule has 1 atom stereocenters. The van der Waals surface area contributed by atoms with Crippen molar-refractivity contribution in [2.75, 3.05) is 11.9 Å². The second-order valence-corrected chi connectivity index (χ2v) is 4.82. The molecule has 1 amide bonds. The third-order valence-electron chi connectivity index (χ3n) is 3.56. The van der Waals surface area contributed by atoms with Gasteiger partial charge >= 0.3 is 0 Å². The molecule has 2 heterocycles. The lowest BCUT2D eigenvalue weighted by Crippen LogP contribution is -2.38. The van der Waals surface area contributed by atoms with Crippen LogP contribution in [0.15, 0.2) is 42.6 Å². The minimum absolute atomic E-state index is 0.0968. The van der Waals surface area contributed by atoms with Gasteiger partial charge in [-0.05, 0) is 24.1 Å². The SMILES string of the molecule is CCc1ccc(C2Oc3cccnc3N(C)C2=O)cc1. The molecule has 0 saturated heterocycles. The van der Waals surface area contributed by atoms with Gasteiger partial charge in [-0.25, -0.2) is 4.98 Å². The Balaban J connectivity index is 1.97. The number of ether oxygens (including phenoxy) is 1. The third-order valence-corrected chi connectivity index (χ3v) is 3.56. The zero-order valence-corrected chi connectivity index (χ0v) is 11.5. The Morgan fingerprint density at radius 3 is 2.70 bits per heavy atom. The number of amides is 1. The van der Waals surface area contributed by atoms with E-state index in [1.165, 1.54) is 5.56 Å². The summed E-state index contributed by atoms with van der Waals surface area (Å²) in [5.41, 5.74) is 2.11. The van der Waals surface area contributed by atoms with Crippen molar-refractivity contribution in [3.63, 3.8) is 0 Å². The third kappa shape index (κ3) is 2.03. The first kappa shape index (κ1) is 12.7. The van der Waals surface area contributed by atoms with E-state index in [-0.39, 0.29) is 5.91 Å². The van der Waals surface area contributed by atoms with Crippen molar-refractivity contribution in [1.82, 2.24) is 4.98 Å². The summed E-state index contributed by atoms with van der Waals surface area (Å²) in [6.07, 6.45) is 2.04. The first-order valence-electron chi connectivity index (χ1n) is 6.68. The number of aromatic nitrogens is 1. The fourth-order valence-electron chi connectivity index (χ4n) is 2.32. The van der Waals surface area contributed by atoms with Gasteiger partial charge in [0.1, 0.15) is 0 Å². The molecule has 0 aliphatic carbocycles. The highest BCUT2D eigenvalue weighted by atomic mass is 16.5. The lowest BCUT2D eigenvalue weighted by molar-refractivity contribution is -0.126. The van der Waals surface area contributed by atoms with Crippen molar-refractivity contribution in [3.05, 3.63) is 53.7 Å². The van der Waals surface area contributed by atoms with Gasteiger partial charge in [-0.3, -0.25) is 9.69 Å². The second kappa shape index (κ2) is 4.96. The van der Waals surface area contributed by atoms with Gasteiger partial charge in [0.2, 0.25) is 6.10 Å². The van der Waals surface area contributed by atoms with Crippen LogP contribution in [0.5, 0.6) is 5.75 Å². The Morgan fingerprint density at radius 2 is 2.00 bits per heavy atom. The molecule has 4 nitrogen and oxygen atoms in total. The van der Waals surface area contributed by atoms with Crippen molar-refractivity contribution < 1.29 is 9.53 Å². The minimum atomic E-state index is -0.595. The zero-order chi connectivity index (χ0) is 14.1. The van der Waals surface area contributed by atoms with Gasteiger partial charge < -0.3 is 4.74 Å². The molecule has 2 aromatic rings. The number of likely N-dealkylation sites (N-methyl/N-ethyl adjacent to an activating group) is 1. The minimum Gasteiger partial charge on any atom is -0.472 e. The molecule has 1 aliphatic heterocycles. The summed E-state index contributed by atoms with van der Waals surface area (Å²) < 4.78 is 5.82. The summed E-state index contributed by atoms with van der Waals surface area (Å²) in [6.45, 7) is 2.10.